The predicted molar refractivity (Wildman–Crippen MR) is 79.4 cm³/mol. The summed E-state index contributed by atoms with van der Waals surface area (Å²) in [5.41, 5.74) is 1.39. The Labute approximate surface area is 155 Å². The minimum atomic E-state index is 0. The van der Waals surface area contributed by atoms with E-state index in [-0.39, 0.29) is 24.8 Å². The maximum absolute atomic E-state index is 2.99. The van der Waals surface area contributed by atoms with Crippen LogP contribution in [0.4, 0.5) is 0 Å². The van der Waals surface area contributed by atoms with Gasteiger partial charge in [-0.1, -0.05) is 0 Å². The van der Waals surface area contributed by atoms with Gasteiger partial charge in [0.1, 0.15) is 0 Å². The van der Waals surface area contributed by atoms with Crippen molar-refractivity contribution in [2.75, 3.05) is 0 Å². The van der Waals surface area contributed by atoms with Gasteiger partial charge in [-0.3, -0.25) is 12.2 Å². The predicted octanol–water partition coefficient (Wildman–Crippen LogP) is -1.61. The number of hydrogen-bond acceptors (Lipinski definition) is 0. The van der Waals surface area contributed by atoms with Crippen LogP contribution >= 0.6 is 0 Å². The third kappa shape index (κ3) is 12.9. The normalized spacial score (nSPS) is 12.3. The van der Waals surface area contributed by atoms with Gasteiger partial charge in [-0.05, 0) is 0 Å². The molecule has 0 nitrogen and oxygen atoms in total. The van der Waals surface area contributed by atoms with Crippen molar-refractivity contribution in [1.82, 2.24) is 0 Å². The maximum atomic E-state index is 2.99. The molecule has 2 aliphatic rings. The van der Waals surface area contributed by atoms with Gasteiger partial charge in [0.15, 0.2) is 0 Å². The number of halogens is 2. The number of benzene rings is 1. The molecule has 2 aliphatic carbocycles. The molecular weight excluding hydrogens is 466 g/mol. The smallest absolute Gasteiger partial charge is 0.109 e. The summed E-state index contributed by atoms with van der Waals surface area (Å²) in [6.07, 6.45) is 20.0. The van der Waals surface area contributed by atoms with E-state index in [0.29, 0.717) is 0 Å². The van der Waals surface area contributed by atoms with Crippen molar-refractivity contribution in [2.24, 2.45) is 0 Å². The monoisotopic (exact) mass is 484 g/mol. The summed E-state index contributed by atoms with van der Waals surface area (Å²) in [5.74, 6) is 0. The molecule has 0 saturated carbocycles. The largest absolute Gasteiger partial charge is 1.00 e. The van der Waals surface area contributed by atoms with Gasteiger partial charge in [0, 0.05) is 0 Å². The zero-order valence-electron chi connectivity index (χ0n) is 12.0. The van der Waals surface area contributed by atoms with Crippen molar-refractivity contribution in [3.05, 3.63) is 84.5 Å². The van der Waals surface area contributed by atoms with Crippen LogP contribution in [0.15, 0.2) is 66.8 Å². The summed E-state index contributed by atoms with van der Waals surface area (Å²) >= 11 is 1.17. The molecule has 0 heterocycles. The summed E-state index contributed by atoms with van der Waals surface area (Å²) in [6.45, 7) is 2.18. The Balaban J connectivity index is 0. The van der Waals surface area contributed by atoms with Crippen molar-refractivity contribution in [3.63, 3.8) is 0 Å². The van der Waals surface area contributed by atoms with E-state index in [0.717, 1.165) is 12.8 Å². The molecule has 0 aromatic heterocycles. The molecule has 1 aromatic rings. The van der Waals surface area contributed by atoms with Crippen molar-refractivity contribution < 1.29 is 48.7 Å². The maximum Gasteiger partial charge on any atom is -0.109 e. The van der Waals surface area contributed by atoms with E-state index >= 15 is 0 Å². The van der Waals surface area contributed by atoms with E-state index in [9.17, 15) is 0 Å². The third-order valence-corrected chi connectivity index (χ3v) is 3.42. The van der Waals surface area contributed by atoms with E-state index in [4.69, 9.17) is 0 Å². The second kappa shape index (κ2) is 15.9. The molecule has 3 heteroatoms. The van der Waals surface area contributed by atoms with Gasteiger partial charge < -0.3 is 24.8 Å². The van der Waals surface area contributed by atoms with Crippen molar-refractivity contribution >= 4 is 3.26 Å². The van der Waals surface area contributed by atoms with E-state index < -0.39 is 0 Å². The van der Waals surface area contributed by atoms with Crippen LogP contribution in [0.5, 0.6) is 0 Å². The van der Waals surface area contributed by atoms with E-state index in [1.165, 1.54) is 32.7 Å². The Kier molecular flexibility index (Phi) is 17.2. The minimum absolute atomic E-state index is 0. The molecule has 0 saturated heterocycles. The molecule has 21 heavy (non-hydrogen) atoms. The van der Waals surface area contributed by atoms with Crippen LogP contribution in [0.1, 0.15) is 25.3 Å². The first-order valence-corrected chi connectivity index (χ1v) is 8.14. The molecule has 110 valence electrons. The van der Waals surface area contributed by atoms with Crippen LogP contribution in [0.25, 0.3) is 0 Å². The van der Waals surface area contributed by atoms with Gasteiger partial charge in [-0.25, -0.2) is 24.3 Å². The first-order valence-electron chi connectivity index (χ1n) is 6.34. The second-order valence-corrected chi connectivity index (χ2v) is 6.69. The molecule has 0 bridgehead atoms. The second-order valence-electron chi connectivity index (χ2n) is 4.00. The van der Waals surface area contributed by atoms with E-state index in [2.05, 4.69) is 55.5 Å². The van der Waals surface area contributed by atoms with Crippen molar-refractivity contribution in [1.29, 1.82) is 0 Å². The molecule has 0 unspecified atom stereocenters. The fraction of sp³-hybridized carbons (Fsp3) is 0.167. The fourth-order valence-electron chi connectivity index (χ4n) is 1.37. The zero-order chi connectivity index (χ0) is 13.8. The van der Waals surface area contributed by atoms with Crippen molar-refractivity contribution in [3.8, 4) is 0 Å². The minimum Gasteiger partial charge on any atom is -1.00 e. The molecule has 0 N–H and O–H groups in total. The Morgan fingerprint density at radius 2 is 1.38 bits per heavy atom. The van der Waals surface area contributed by atoms with E-state index in [1.54, 1.807) is 0 Å². The quantitative estimate of drug-likeness (QED) is 0.333. The summed E-state index contributed by atoms with van der Waals surface area (Å²) in [5, 5.41) is 0. The summed E-state index contributed by atoms with van der Waals surface area (Å²) in [4.78, 5) is 0. The van der Waals surface area contributed by atoms with Crippen LogP contribution in [-0.2, 0) is 23.9 Å². The Morgan fingerprint density at radius 1 is 0.905 bits per heavy atom. The van der Waals surface area contributed by atoms with Gasteiger partial charge in [-0.2, -0.15) is 12.2 Å². The molecule has 0 amide bonds. The fourth-order valence-corrected chi connectivity index (χ4v) is 1.97. The average molecular weight is 484 g/mol. The number of hydrogen-bond donors (Lipinski definition) is 0. The standard InChI is InChI=1S/C8H8.2C5H5.2ClH.Hf/c1-2-8-6-4-3-5-7-8;2*1-2-4-5-3-1;;;/h3-7H,1H3;2*1-3H,4H2;2*1H;/q;2*-1;;;+2/p-2. The topological polar surface area (TPSA) is 0 Å². The molecular formula is C18H18Cl2Hf-2. The average Bonchev–Trinajstić information content (AvgIpc) is 3.18. The van der Waals surface area contributed by atoms with Gasteiger partial charge >= 0.3 is 70.0 Å². The number of allylic oxidation sites excluding steroid dienone is 8. The number of rotatable bonds is 1. The summed E-state index contributed by atoms with van der Waals surface area (Å²) < 4.78 is 1.51. The molecule has 0 fully saturated rings. The Morgan fingerprint density at radius 3 is 1.57 bits per heavy atom. The molecule has 1 aromatic carbocycles. The van der Waals surface area contributed by atoms with Crippen LogP contribution in [0.2, 0.25) is 0 Å². The van der Waals surface area contributed by atoms with Gasteiger partial charge in [0.25, 0.3) is 0 Å². The molecule has 0 spiro atoms. The van der Waals surface area contributed by atoms with Gasteiger partial charge in [-0.15, -0.1) is 12.8 Å². The molecule has 0 atom stereocenters. The SMILES string of the molecule is C[C](=[Hf+2])c1ccccc1.[C-]1=CC=CC1.[C-]1=CC=CC1.[Cl-].[Cl-]. The van der Waals surface area contributed by atoms with Crippen LogP contribution < -0.4 is 24.8 Å². The van der Waals surface area contributed by atoms with Crippen LogP contribution in [-0.4, -0.2) is 3.26 Å². The Bertz CT molecular complexity index is 443. The summed E-state index contributed by atoms with van der Waals surface area (Å²) in [6, 6.07) is 10.5. The molecule has 0 aliphatic heterocycles. The first kappa shape index (κ1) is 22.8. The van der Waals surface area contributed by atoms with Crippen LogP contribution in [0.3, 0.4) is 0 Å². The van der Waals surface area contributed by atoms with Gasteiger partial charge in [0.05, 0.1) is 0 Å². The Hall–Kier alpha value is -0.500. The van der Waals surface area contributed by atoms with Crippen LogP contribution in [0, 0.1) is 12.2 Å². The first-order chi connectivity index (χ1) is 9.30. The summed E-state index contributed by atoms with van der Waals surface area (Å²) in [7, 11) is 0. The third-order valence-electron chi connectivity index (χ3n) is 2.38. The molecule has 3 rings (SSSR count). The van der Waals surface area contributed by atoms with E-state index in [1.807, 2.05) is 30.4 Å². The zero-order valence-corrected chi connectivity index (χ0v) is 17.1. The van der Waals surface area contributed by atoms with Crippen molar-refractivity contribution in [2.45, 2.75) is 19.8 Å². The molecule has 0 radical (unpaired) electrons. The van der Waals surface area contributed by atoms with Gasteiger partial charge in [0.2, 0.25) is 0 Å².